The first-order chi connectivity index (χ1) is 16.7. The van der Waals surface area contributed by atoms with Crippen molar-refractivity contribution in [2.75, 3.05) is 29.9 Å². The lowest BCUT2D eigenvalue weighted by Gasteiger charge is -2.32. The number of benzene rings is 2. The lowest BCUT2D eigenvalue weighted by molar-refractivity contribution is -0.121. The summed E-state index contributed by atoms with van der Waals surface area (Å²) in [5.41, 5.74) is 4.20. The summed E-state index contributed by atoms with van der Waals surface area (Å²) in [6.07, 6.45) is 2.94. The number of fused-ring (bicyclic) bond motifs is 1. The van der Waals surface area contributed by atoms with Gasteiger partial charge in [0, 0.05) is 36.2 Å². The minimum absolute atomic E-state index is 0.0941. The van der Waals surface area contributed by atoms with Gasteiger partial charge in [0.2, 0.25) is 21.8 Å². The molecule has 0 saturated carbocycles. The molecule has 35 heavy (non-hydrogen) atoms. The van der Waals surface area contributed by atoms with Crippen LogP contribution in [0.4, 0.5) is 11.4 Å². The van der Waals surface area contributed by atoms with Crippen molar-refractivity contribution in [1.82, 2.24) is 4.31 Å². The van der Waals surface area contributed by atoms with E-state index < -0.39 is 15.9 Å². The Morgan fingerprint density at radius 3 is 2.66 bits per heavy atom. The van der Waals surface area contributed by atoms with E-state index >= 15 is 0 Å². The van der Waals surface area contributed by atoms with Crippen LogP contribution in [-0.4, -0.2) is 44.2 Å². The van der Waals surface area contributed by atoms with E-state index in [9.17, 15) is 18.0 Å². The largest absolute Gasteiger partial charge is 0.325 e. The van der Waals surface area contributed by atoms with Gasteiger partial charge in [-0.1, -0.05) is 48.0 Å². The van der Waals surface area contributed by atoms with Crippen molar-refractivity contribution >= 4 is 49.1 Å². The highest BCUT2D eigenvalue weighted by molar-refractivity contribution is 9.10. The lowest BCUT2D eigenvalue weighted by atomic mass is 9.98. The normalized spacial score (nSPS) is 18.4. The van der Waals surface area contributed by atoms with Crippen LogP contribution < -0.4 is 10.2 Å². The van der Waals surface area contributed by atoms with E-state index in [0.717, 1.165) is 28.8 Å². The maximum absolute atomic E-state index is 13.9. The van der Waals surface area contributed by atoms with Gasteiger partial charge in [0.05, 0.1) is 11.6 Å². The molecule has 0 radical (unpaired) electrons. The average molecular weight is 563 g/mol. The molecule has 2 aromatic rings. The first kappa shape index (κ1) is 25.9. The third-order valence-corrected chi connectivity index (χ3v) is 9.29. The molecule has 1 atom stereocenters. The SMILES string of the molecule is CCC(=O)N1CCc2cc(Br)cc(S(=O)(=O)N3CCC[C@@H](C(=O)Nc4c(C)cccc4CC)C3)c21. The topological polar surface area (TPSA) is 86.8 Å². The zero-order valence-electron chi connectivity index (χ0n) is 20.4. The van der Waals surface area contributed by atoms with E-state index in [1.54, 1.807) is 17.9 Å². The Labute approximate surface area is 216 Å². The number of anilines is 2. The van der Waals surface area contributed by atoms with Crippen LogP contribution in [0.2, 0.25) is 0 Å². The van der Waals surface area contributed by atoms with Crippen LogP contribution in [-0.2, 0) is 32.5 Å². The molecule has 2 aromatic carbocycles. The zero-order chi connectivity index (χ0) is 25.3. The molecule has 7 nitrogen and oxygen atoms in total. The fourth-order valence-electron chi connectivity index (χ4n) is 5.05. The number of aryl methyl sites for hydroxylation is 2. The minimum atomic E-state index is -3.92. The maximum atomic E-state index is 13.9. The highest BCUT2D eigenvalue weighted by Crippen LogP contribution is 2.40. The van der Waals surface area contributed by atoms with E-state index in [0.29, 0.717) is 48.9 Å². The molecule has 1 saturated heterocycles. The number of para-hydroxylation sites is 1. The quantitative estimate of drug-likeness (QED) is 0.555. The van der Waals surface area contributed by atoms with Gasteiger partial charge in [-0.05, 0) is 61.4 Å². The van der Waals surface area contributed by atoms with Gasteiger partial charge in [-0.25, -0.2) is 8.42 Å². The highest BCUT2D eigenvalue weighted by atomic mass is 79.9. The number of nitrogens with zero attached hydrogens (tertiary/aromatic N) is 2. The Morgan fingerprint density at radius 1 is 1.17 bits per heavy atom. The molecular weight excluding hydrogens is 530 g/mol. The number of hydrogen-bond donors (Lipinski definition) is 1. The van der Waals surface area contributed by atoms with E-state index in [4.69, 9.17) is 0 Å². The fraction of sp³-hybridized carbons (Fsp3) is 0.462. The Morgan fingerprint density at radius 2 is 1.94 bits per heavy atom. The molecule has 0 bridgehead atoms. The van der Waals surface area contributed by atoms with Crippen LogP contribution in [0.5, 0.6) is 0 Å². The Kier molecular flexibility index (Phi) is 7.68. The number of amides is 2. The molecule has 9 heteroatoms. The van der Waals surface area contributed by atoms with E-state index in [1.165, 1.54) is 4.31 Å². The van der Waals surface area contributed by atoms with Gasteiger partial charge >= 0.3 is 0 Å². The molecule has 2 amide bonds. The van der Waals surface area contributed by atoms with Crippen LogP contribution >= 0.6 is 15.9 Å². The smallest absolute Gasteiger partial charge is 0.245 e. The first-order valence-corrected chi connectivity index (χ1v) is 14.4. The summed E-state index contributed by atoms with van der Waals surface area (Å²) in [7, 11) is -3.92. The van der Waals surface area contributed by atoms with Crippen LogP contribution in [0.3, 0.4) is 0 Å². The molecule has 2 heterocycles. The molecule has 0 unspecified atom stereocenters. The predicted octanol–water partition coefficient (Wildman–Crippen LogP) is 4.66. The summed E-state index contributed by atoms with van der Waals surface area (Å²) < 4.78 is 29.8. The van der Waals surface area contributed by atoms with E-state index in [-0.39, 0.29) is 23.3 Å². The van der Waals surface area contributed by atoms with Crippen molar-refractivity contribution in [3.63, 3.8) is 0 Å². The lowest BCUT2D eigenvalue weighted by Crippen LogP contribution is -2.44. The van der Waals surface area contributed by atoms with Crippen LogP contribution in [0, 0.1) is 12.8 Å². The van der Waals surface area contributed by atoms with Crippen molar-refractivity contribution in [1.29, 1.82) is 0 Å². The molecule has 4 rings (SSSR count). The number of sulfonamides is 1. The Balaban J connectivity index is 1.61. The fourth-order valence-corrected chi connectivity index (χ4v) is 7.49. The summed E-state index contributed by atoms with van der Waals surface area (Å²) in [6.45, 7) is 6.72. The summed E-state index contributed by atoms with van der Waals surface area (Å²) in [5.74, 6) is -0.698. The molecule has 0 aromatic heterocycles. The third-order valence-electron chi connectivity index (χ3n) is 6.96. The molecule has 0 aliphatic carbocycles. The number of carbonyl (C=O) groups excluding carboxylic acids is 2. The molecule has 2 aliphatic rings. The molecule has 188 valence electrons. The second-order valence-electron chi connectivity index (χ2n) is 9.21. The van der Waals surface area contributed by atoms with Crippen molar-refractivity contribution in [3.05, 3.63) is 51.5 Å². The molecular formula is C26H32BrN3O4S. The number of carbonyl (C=O) groups is 2. The number of hydrogen-bond acceptors (Lipinski definition) is 4. The van der Waals surface area contributed by atoms with Crippen molar-refractivity contribution in [2.24, 2.45) is 5.92 Å². The second kappa shape index (κ2) is 10.4. The average Bonchev–Trinajstić information content (AvgIpc) is 3.27. The summed E-state index contributed by atoms with van der Waals surface area (Å²) in [5, 5.41) is 3.07. The van der Waals surface area contributed by atoms with Gasteiger partial charge < -0.3 is 10.2 Å². The Hall–Kier alpha value is -2.23. The highest BCUT2D eigenvalue weighted by Gasteiger charge is 2.38. The number of halogens is 1. The zero-order valence-corrected chi connectivity index (χ0v) is 22.8. The second-order valence-corrected chi connectivity index (χ2v) is 12.0. The molecule has 2 aliphatic heterocycles. The Bertz CT molecular complexity index is 1260. The van der Waals surface area contributed by atoms with Crippen molar-refractivity contribution in [2.45, 2.75) is 57.8 Å². The monoisotopic (exact) mass is 561 g/mol. The molecule has 1 N–H and O–H groups in total. The van der Waals surface area contributed by atoms with Gasteiger partial charge in [0.25, 0.3) is 0 Å². The van der Waals surface area contributed by atoms with Crippen LogP contribution in [0.15, 0.2) is 39.7 Å². The van der Waals surface area contributed by atoms with Gasteiger partial charge in [0.15, 0.2) is 0 Å². The minimum Gasteiger partial charge on any atom is -0.325 e. The first-order valence-electron chi connectivity index (χ1n) is 12.2. The standard InChI is InChI=1S/C26H32BrN3O4S/c1-4-18-9-6-8-17(3)24(18)28-26(32)20-10-7-12-29(16-20)35(33,34)22-15-21(27)14-19-11-13-30(25(19)22)23(31)5-2/h6,8-9,14-15,20H,4-5,7,10-13,16H2,1-3H3,(H,28,32)/t20-/m1/s1. The molecule has 1 fully saturated rings. The van der Waals surface area contributed by atoms with E-state index in [1.807, 2.05) is 38.1 Å². The molecule has 0 spiro atoms. The number of rotatable bonds is 6. The van der Waals surface area contributed by atoms with Gasteiger partial charge in [0.1, 0.15) is 4.90 Å². The third kappa shape index (κ3) is 5.04. The summed E-state index contributed by atoms with van der Waals surface area (Å²) >= 11 is 3.45. The maximum Gasteiger partial charge on any atom is 0.245 e. The van der Waals surface area contributed by atoms with Crippen molar-refractivity contribution in [3.8, 4) is 0 Å². The summed E-state index contributed by atoms with van der Waals surface area (Å²) in [6, 6.07) is 9.40. The van der Waals surface area contributed by atoms with Crippen LogP contribution in [0.25, 0.3) is 0 Å². The summed E-state index contributed by atoms with van der Waals surface area (Å²) in [4.78, 5) is 27.5. The number of piperidine rings is 1. The number of nitrogens with one attached hydrogen (secondary N) is 1. The van der Waals surface area contributed by atoms with Crippen molar-refractivity contribution < 1.29 is 18.0 Å². The predicted molar refractivity (Wildman–Crippen MR) is 141 cm³/mol. The van der Waals surface area contributed by atoms with E-state index in [2.05, 4.69) is 21.2 Å². The van der Waals surface area contributed by atoms with Gasteiger partial charge in [-0.2, -0.15) is 4.31 Å². The van der Waals surface area contributed by atoms with Crippen LogP contribution in [0.1, 0.15) is 49.8 Å². The van der Waals surface area contributed by atoms with Gasteiger partial charge in [-0.3, -0.25) is 9.59 Å². The van der Waals surface area contributed by atoms with Gasteiger partial charge in [-0.15, -0.1) is 0 Å².